The van der Waals surface area contributed by atoms with Crippen molar-refractivity contribution in [2.45, 2.75) is 32.3 Å². The van der Waals surface area contributed by atoms with Crippen LogP contribution in [0, 0.1) is 11.3 Å². The Kier molecular flexibility index (Phi) is 4.78. The van der Waals surface area contributed by atoms with E-state index in [2.05, 4.69) is 24.6 Å². The molecule has 2 aromatic rings. The first-order valence-electron chi connectivity index (χ1n) is 7.44. The van der Waals surface area contributed by atoms with Gasteiger partial charge in [-0.1, -0.05) is 19.6 Å². The predicted octanol–water partition coefficient (Wildman–Crippen LogP) is 2.42. The van der Waals surface area contributed by atoms with Crippen LogP contribution in [0.15, 0.2) is 17.1 Å². The summed E-state index contributed by atoms with van der Waals surface area (Å²) in [6.45, 7) is 7.76. The third-order valence-corrected chi connectivity index (χ3v) is 5.42. The van der Waals surface area contributed by atoms with Gasteiger partial charge in [0.1, 0.15) is 11.6 Å². The van der Waals surface area contributed by atoms with Crippen molar-refractivity contribution in [2.24, 2.45) is 0 Å². The number of hydrogen-bond acceptors (Lipinski definition) is 5. The number of pyridine rings is 1. The zero-order valence-corrected chi connectivity index (χ0v) is 14.7. The molecule has 0 bridgehead atoms. The number of nitrogens with one attached hydrogen (secondary N) is 1. The zero-order chi connectivity index (χ0) is 17.2. The van der Waals surface area contributed by atoms with Crippen LogP contribution in [0.1, 0.15) is 11.1 Å². The number of rotatable bonds is 5. The summed E-state index contributed by atoms with van der Waals surface area (Å²) in [5.41, 5.74) is 13.6. The number of benzene rings is 1. The van der Waals surface area contributed by atoms with Gasteiger partial charge in [0.2, 0.25) is 5.43 Å². The van der Waals surface area contributed by atoms with E-state index < -0.39 is 8.07 Å². The number of nitrogens with zero attached hydrogens (tertiary/aromatic N) is 1. The summed E-state index contributed by atoms with van der Waals surface area (Å²) in [5.74, 6) is 0. The second kappa shape index (κ2) is 6.44. The Morgan fingerprint density at radius 3 is 2.65 bits per heavy atom. The van der Waals surface area contributed by atoms with Gasteiger partial charge in [0.25, 0.3) is 0 Å². The van der Waals surface area contributed by atoms with E-state index in [1.54, 1.807) is 0 Å². The standard InChI is InChI=1S/C16H22N4O2Si/c1-23(2,3)5-4-22-9-12-14(19)13(18)6-11-15(12)20-8-10(7-17)16(11)21/h6,8H,4-5,9,18-19H2,1-3H3,(H,20,21). The molecule has 0 saturated heterocycles. The van der Waals surface area contributed by atoms with E-state index >= 15 is 0 Å². The highest BCUT2D eigenvalue weighted by atomic mass is 28.3. The van der Waals surface area contributed by atoms with Gasteiger partial charge in [-0.05, 0) is 12.1 Å². The van der Waals surface area contributed by atoms with Crippen LogP contribution >= 0.6 is 0 Å². The second-order valence-electron chi connectivity index (χ2n) is 6.79. The van der Waals surface area contributed by atoms with Crippen LogP contribution in [0.4, 0.5) is 11.4 Å². The topological polar surface area (TPSA) is 118 Å². The minimum Gasteiger partial charge on any atom is -0.397 e. The Morgan fingerprint density at radius 1 is 1.35 bits per heavy atom. The lowest BCUT2D eigenvalue weighted by molar-refractivity contribution is 0.134. The summed E-state index contributed by atoms with van der Waals surface area (Å²) < 4.78 is 5.75. The third-order valence-electron chi connectivity index (χ3n) is 3.72. The summed E-state index contributed by atoms with van der Waals surface area (Å²) >= 11 is 0. The van der Waals surface area contributed by atoms with Crippen LogP contribution in [-0.2, 0) is 11.3 Å². The Labute approximate surface area is 136 Å². The maximum atomic E-state index is 12.3. The van der Waals surface area contributed by atoms with Crippen molar-refractivity contribution in [3.63, 3.8) is 0 Å². The fourth-order valence-corrected chi connectivity index (χ4v) is 3.02. The van der Waals surface area contributed by atoms with Gasteiger partial charge in [-0.15, -0.1) is 0 Å². The molecule has 0 aliphatic heterocycles. The molecule has 7 heteroatoms. The van der Waals surface area contributed by atoms with E-state index in [0.717, 1.165) is 6.04 Å². The molecular formula is C16H22N4O2Si. The van der Waals surface area contributed by atoms with Gasteiger partial charge < -0.3 is 21.2 Å². The maximum absolute atomic E-state index is 12.3. The normalized spacial score (nSPS) is 11.6. The molecule has 23 heavy (non-hydrogen) atoms. The summed E-state index contributed by atoms with van der Waals surface area (Å²) in [4.78, 5) is 15.2. The van der Waals surface area contributed by atoms with Gasteiger partial charge >= 0.3 is 0 Å². The van der Waals surface area contributed by atoms with Crippen LogP contribution in [0.5, 0.6) is 0 Å². The number of H-pyrrole nitrogens is 1. The number of nitrogen functional groups attached to an aromatic ring is 2. The van der Waals surface area contributed by atoms with Crippen molar-refractivity contribution in [2.75, 3.05) is 18.1 Å². The molecule has 0 fully saturated rings. The molecule has 122 valence electrons. The summed E-state index contributed by atoms with van der Waals surface area (Å²) in [6, 6.07) is 4.42. The van der Waals surface area contributed by atoms with Crippen molar-refractivity contribution in [1.82, 2.24) is 4.98 Å². The summed E-state index contributed by atoms with van der Waals surface area (Å²) in [5, 5.41) is 9.33. The largest absolute Gasteiger partial charge is 0.397 e. The van der Waals surface area contributed by atoms with Crippen molar-refractivity contribution < 1.29 is 4.74 Å². The molecule has 0 unspecified atom stereocenters. The quantitative estimate of drug-likeness (QED) is 0.442. The molecule has 0 atom stereocenters. The van der Waals surface area contributed by atoms with E-state index in [1.165, 1.54) is 12.3 Å². The number of anilines is 2. The number of aromatic nitrogens is 1. The molecule has 0 amide bonds. The highest BCUT2D eigenvalue weighted by Crippen LogP contribution is 2.28. The monoisotopic (exact) mass is 330 g/mol. The Bertz CT molecular complexity index is 831. The summed E-state index contributed by atoms with van der Waals surface area (Å²) in [7, 11) is -1.17. The van der Waals surface area contributed by atoms with E-state index in [0.29, 0.717) is 34.4 Å². The smallest absolute Gasteiger partial charge is 0.207 e. The second-order valence-corrected chi connectivity index (χ2v) is 12.4. The van der Waals surface area contributed by atoms with Crippen molar-refractivity contribution in [1.29, 1.82) is 5.26 Å². The SMILES string of the molecule is C[Si](C)(C)CCOCc1c(N)c(N)cc2c(=O)c(C#N)c[nH]c12. The number of ether oxygens (including phenoxy) is 1. The highest BCUT2D eigenvalue weighted by Gasteiger charge is 2.16. The lowest BCUT2D eigenvalue weighted by atomic mass is 10.0. The van der Waals surface area contributed by atoms with Crippen molar-refractivity contribution in [3.05, 3.63) is 33.6 Å². The zero-order valence-electron chi connectivity index (χ0n) is 13.7. The minimum atomic E-state index is -1.17. The number of fused-ring (bicyclic) bond motifs is 1. The van der Waals surface area contributed by atoms with Gasteiger partial charge in [0.05, 0.1) is 23.5 Å². The predicted molar refractivity (Wildman–Crippen MR) is 95.9 cm³/mol. The average Bonchev–Trinajstić information content (AvgIpc) is 2.47. The molecule has 0 radical (unpaired) electrons. The molecular weight excluding hydrogens is 308 g/mol. The van der Waals surface area contributed by atoms with E-state index in [9.17, 15) is 4.79 Å². The average molecular weight is 330 g/mol. The molecule has 1 heterocycles. The minimum absolute atomic E-state index is 0.0484. The first-order chi connectivity index (χ1) is 10.7. The Balaban J connectivity index is 2.39. The molecule has 5 N–H and O–H groups in total. The lowest BCUT2D eigenvalue weighted by Gasteiger charge is -2.17. The van der Waals surface area contributed by atoms with Crippen LogP contribution in [0.25, 0.3) is 10.9 Å². The van der Waals surface area contributed by atoms with E-state index in [1.807, 2.05) is 6.07 Å². The first-order valence-corrected chi connectivity index (χ1v) is 11.2. The highest BCUT2D eigenvalue weighted by molar-refractivity contribution is 6.76. The van der Waals surface area contributed by atoms with E-state index in [4.69, 9.17) is 21.5 Å². The number of hydrogen-bond donors (Lipinski definition) is 3. The van der Waals surface area contributed by atoms with Gasteiger partial charge in [-0.3, -0.25) is 4.79 Å². The molecule has 2 rings (SSSR count). The van der Waals surface area contributed by atoms with Gasteiger partial charge in [-0.2, -0.15) is 5.26 Å². The fourth-order valence-electron chi connectivity index (χ4n) is 2.26. The number of nitrogens with two attached hydrogens (primary N) is 2. The molecule has 1 aromatic heterocycles. The third kappa shape index (κ3) is 3.72. The van der Waals surface area contributed by atoms with Crippen molar-refractivity contribution >= 4 is 30.4 Å². The van der Waals surface area contributed by atoms with Crippen molar-refractivity contribution in [3.8, 4) is 6.07 Å². The molecule has 0 aliphatic rings. The molecule has 0 saturated carbocycles. The maximum Gasteiger partial charge on any atom is 0.207 e. The van der Waals surface area contributed by atoms with Crippen LogP contribution < -0.4 is 16.9 Å². The van der Waals surface area contributed by atoms with Crippen LogP contribution in [0.3, 0.4) is 0 Å². The van der Waals surface area contributed by atoms with Crippen LogP contribution in [-0.4, -0.2) is 19.7 Å². The van der Waals surface area contributed by atoms with Gasteiger partial charge in [0, 0.05) is 31.8 Å². The van der Waals surface area contributed by atoms with E-state index in [-0.39, 0.29) is 17.6 Å². The Hall–Kier alpha value is -2.30. The first kappa shape index (κ1) is 17.1. The molecule has 1 aromatic carbocycles. The van der Waals surface area contributed by atoms with Crippen LogP contribution in [0.2, 0.25) is 25.7 Å². The summed E-state index contributed by atoms with van der Waals surface area (Å²) in [6.07, 6.45) is 1.39. The lowest BCUT2D eigenvalue weighted by Crippen LogP contribution is -2.21. The van der Waals surface area contributed by atoms with Gasteiger partial charge in [-0.25, -0.2) is 0 Å². The molecule has 0 aliphatic carbocycles. The molecule has 6 nitrogen and oxygen atoms in total. The molecule has 0 spiro atoms. The number of nitriles is 1. The number of aromatic amines is 1. The van der Waals surface area contributed by atoms with Gasteiger partial charge in [0.15, 0.2) is 0 Å². The fraction of sp³-hybridized carbons (Fsp3) is 0.375. The Morgan fingerprint density at radius 2 is 2.04 bits per heavy atom.